The van der Waals surface area contributed by atoms with Gasteiger partial charge < -0.3 is 16.0 Å². The lowest BCUT2D eigenvalue weighted by atomic mass is 9.84. The Morgan fingerprint density at radius 2 is 1.61 bits per heavy atom. The summed E-state index contributed by atoms with van der Waals surface area (Å²) in [5, 5.41) is 9.81. The van der Waals surface area contributed by atoms with E-state index in [1.165, 1.54) is 5.57 Å². The van der Waals surface area contributed by atoms with E-state index in [9.17, 15) is 0 Å². The molecular weight excluding hydrogens is 380 g/mol. The fourth-order valence-electron chi connectivity index (χ4n) is 3.21. The molecule has 0 saturated carbocycles. The zero-order valence-corrected chi connectivity index (χ0v) is 19.2. The highest BCUT2D eigenvalue weighted by molar-refractivity contribution is 5.79. The van der Waals surface area contributed by atoms with Crippen molar-refractivity contribution in [1.29, 1.82) is 0 Å². The second kappa shape index (κ2) is 10.5. The molecule has 0 aliphatic carbocycles. The third-order valence-corrected chi connectivity index (χ3v) is 4.84. The van der Waals surface area contributed by atoms with E-state index in [1.807, 2.05) is 36.4 Å². The van der Waals surface area contributed by atoms with Gasteiger partial charge in [0, 0.05) is 34.5 Å². The van der Waals surface area contributed by atoms with Crippen LogP contribution in [0.2, 0.25) is 0 Å². The van der Waals surface area contributed by atoms with Gasteiger partial charge in [-0.15, -0.1) is 0 Å². The molecule has 0 saturated heterocycles. The number of hydrogen-bond acceptors (Lipinski definition) is 4. The molecule has 0 unspecified atom stereocenters. The molecule has 1 heterocycles. The predicted molar refractivity (Wildman–Crippen MR) is 136 cm³/mol. The van der Waals surface area contributed by atoms with E-state index in [2.05, 4.69) is 81.0 Å². The molecule has 2 rings (SSSR count). The molecule has 31 heavy (non-hydrogen) atoms. The number of benzene rings is 1. The number of hydrogen-bond donors (Lipinski definition) is 3. The Kier molecular flexibility index (Phi) is 8.03. The molecule has 0 atom stereocenters. The van der Waals surface area contributed by atoms with E-state index in [-0.39, 0.29) is 5.41 Å². The summed E-state index contributed by atoms with van der Waals surface area (Å²) < 4.78 is 0. The molecule has 4 nitrogen and oxygen atoms in total. The second-order valence-corrected chi connectivity index (χ2v) is 8.35. The van der Waals surface area contributed by atoms with Crippen molar-refractivity contribution in [3.05, 3.63) is 103 Å². The molecular formula is C27H34N4. The number of nitrogens with one attached hydrogen (secondary N) is 3. The van der Waals surface area contributed by atoms with Crippen molar-refractivity contribution in [2.75, 3.05) is 10.6 Å². The molecule has 0 aliphatic heterocycles. The number of anilines is 2. The Morgan fingerprint density at radius 1 is 1.00 bits per heavy atom. The van der Waals surface area contributed by atoms with Gasteiger partial charge in [-0.25, -0.2) is 0 Å². The molecule has 0 amide bonds. The average molecular weight is 415 g/mol. The van der Waals surface area contributed by atoms with Crippen LogP contribution in [0.25, 0.3) is 11.8 Å². The van der Waals surface area contributed by atoms with Crippen LogP contribution in [-0.2, 0) is 0 Å². The van der Waals surface area contributed by atoms with Gasteiger partial charge in [-0.05, 0) is 60.4 Å². The maximum absolute atomic E-state index is 4.31. The highest BCUT2D eigenvalue weighted by Gasteiger charge is 2.15. The monoisotopic (exact) mass is 414 g/mol. The number of nitrogens with zero attached hydrogens (tertiary/aromatic N) is 1. The Bertz CT molecular complexity index is 989. The van der Waals surface area contributed by atoms with E-state index >= 15 is 0 Å². The van der Waals surface area contributed by atoms with Gasteiger partial charge in [0.25, 0.3) is 0 Å². The van der Waals surface area contributed by atoms with E-state index in [0.29, 0.717) is 5.82 Å². The summed E-state index contributed by atoms with van der Waals surface area (Å²) in [5.74, 6) is 0.668. The van der Waals surface area contributed by atoms with Crippen LogP contribution in [0, 0.1) is 5.41 Å². The Labute approximate surface area is 187 Å². The second-order valence-electron chi connectivity index (χ2n) is 8.35. The van der Waals surface area contributed by atoms with Crippen molar-refractivity contribution in [1.82, 2.24) is 10.3 Å². The Balaban J connectivity index is 1.97. The first-order chi connectivity index (χ1) is 14.6. The highest BCUT2D eigenvalue weighted by atomic mass is 15.1. The largest absolute Gasteiger partial charge is 0.355 e. The van der Waals surface area contributed by atoms with Crippen molar-refractivity contribution < 1.29 is 0 Å². The first-order valence-electron chi connectivity index (χ1n) is 10.4. The standard InChI is InChI=1S/C27H34N4/c1-9-22(27(6,7)8)18-19(3)29-21(5)31-24-15-13-23(14-16-24)30-20(4)25-12-11-17-28-26(25)10-2/h10-18,29-31H,2-5,9H2,1,6-8H3/b22-18+. The number of pyridine rings is 1. The van der Waals surface area contributed by atoms with Crippen LogP contribution < -0.4 is 16.0 Å². The smallest absolute Gasteiger partial charge is 0.100 e. The van der Waals surface area contributed by atoms with Crippen molar-refractivity contribution in [2.45, 2.75) is 34.1 Å². The summed E-state index contributed by atoms with van der Waals surface area (Å²) in [7, 11) is 0. The molecule has 1 aromatic carbocycles. The zero-order chi connectivity index (χ0) is 23.0. The first kappa shape index (κ1) is 23.7. The van der Waals surface area contributed by atoms with E-state index in [0.717, 1.165) is 40.4 Å². The summed E-state index contributed by atoms with van der Waals surface area (Å²) in [5.41, 5.74) is 6.60. The fraction of sp³-hybridized carbons (Fsp3) is 0.222. The van der Waals surface area contributed by atoms with Crippen molar-refractivity contribution >= 4 is 23.1 Å². The minimum atomic E-state index is 0.114. The van der Waals surface area contributed by atoms with Crippen LogP contribution in [0.1, 0.15) is 45.4 Å². The third kappa shape index (κ3) is 7.03. The van der Waals surface area contributed by atoms with Crippen LogP contribution in [0.3, 0.4) is 0 Å². The molecule has 162 valence electrons. The maximum Gasteiger partial charge on any atom is 0.100 e. The molecule has 0 fully saturated rings. The average Bonchev–Trinajstić information content (AvgIpc) is 2.72. The number of rotatable bonds is 10. The normalized spacial score (nSPS) is 11.4. The summed E-state index contributed by atoms with van der Waals surface area (Å²) in [6, 6.07) is 11.8. The summed E-state index contributed by atoms with van der Waals surface area (Å²) in [4.78, 5) is 4.31. The number of allylic oxidation sites excluding steroid dienone is 2. The minimum absolute atomic E-state index is 0.114. The Hall–Kier alpha value is -3.53. The lowest BCUT2D eigenvalue weighted by Crippen LogP contribution is -2.18. The zero-order valence-electron chi connectivity index (χ0n) is 19.2. The van der Waals surface area contributed by atoms with Gasteiger partial charge in [0.15, 0.2) is 0 Å². The van der Waals surface area contributed by atoms with Crippen molar-refractivity contribution in [3.8, 4) is 0 Å². The molecule has 4 heteroatoms. The van der Waals surface area contributed by atoms with E-state index in [1.54, 1.807) is 12.3 Å². The Morgan fingerprint density at radius 3 is 2.16 bits per heavy atom. The lowest BCUT2D eigenvalue weighted by molar-refractivity contribution is 0.487. The first-order valence-corrected chi connectivity index (χ1v) is 10.4. The summed E-state index contributed by atoms with van der Waals surface area (Å²) >= 11 is 0. The van der Waals surface area contributed by atoms with Crippen molar-refractivity contribution in [2.24, 2.45) is 5.41 Å². The van der Waals surface area contributed by atoms with Crippen LogP contribution in [0.4, 0.5) is 11.4 Å². The highest BCUT2D eigenvalue weighted by Crippen LogP contribution is 2.28. The molecule has 0 aliphatic rings. The molecule has 0 bridgehead atoms. The third-order valence-electron chi connectivity index (χ3n) is 4.84. The van der Waals surface area contributed by atoms with Crippen molar-refractivity contribution in [3.63, 3.8) is 0 Å². The summed E-state index contributed by atoms with van der Waals surface area (Å²) in [6.45, 7) is 24.9. The molecule has 2 aromatic rings. The fourth-order valence-corrected chi connectivity index (χ4v) is 3.21. The van der Waals surface area contributed by atoms with Crippen LogP contribution >= 0.6 is 0 Å². The quantitative estimate of drug-likeness (QED) is 0.361. The maximum atomic E-state index is 4.31. The van der Waals surface area contributed by atoms with E-state index in [4.69, 9.17) is 0 Å². The molecule has 1 aromatic heterocycles. The van der Waals surface area contributed by atoms with Gasteiger partial charge in [-0.2, -0.15) is 0 Å². The lowest BCUT2D eigenvalue weighted by Gasteiger charge is -2.23. The van der Waals surface area contributed by atoms with Gasteiger partial charge in [0.1, 0.15) is 5.82 Å². The predicted octanol–water partition coefficient (Wildman–Crippen LogP) is 7.18. The van der Waals surface area contributed by atoms with Crippen LogP contribution in [0.5, 0.6) is 0 Å². The topological polar surface area (TPSA) is 49.0 Å². The minimum Gasteiger partial charge on any atom is -0.355 e. The van der Waals surface area contributed by atoms with Gasteiger partial charge in [-0.3, -0.25) is 4.98 Å². The van der Waals surface area contributed by atoms with Crippen LogP contribution in [-0.4, -0.2) is 4.98 Å². The van der Waals surface area contributed by atoms with Gasteiger partial charge in [-0.1, -0.05) is 59.6 Å². The van der Waals surface area contributed by atoms with Gasteiger partial charge in [0.05, 0.1) is 5.69 Å². The number of aromatic nitrogens is 1. The van der Waals surface area contributed by atoms with Gasteiger partial charge in [0.2, 0.25) is 0 Å². The SMILES string of the molecule is C=Cc1ncccc1C(=C)Nc1ccc(NC(=C)NC(=C)/C=C(\CC)C(C)(C)C)cc1. The molecule has 0 spiro atoms. The van der Waals surface area contributed by atoms with Gasteiger partial charge >= 0.3 is 0 Å². The molecule has 0 radical (unpaired) electrons. The van der Waals surface area contributed by atoms with E-state index < -0.39 is 0 Å². The van der Waals surface area contributed by atoms with Crippen LogP contribution in [0.15, 0.2) is 92.1 Å². The summed E-state index contributed by atoms with van der Waals surface area (Å²) in [6.07, 6.45) is 6.55. The molecule has 3 N–H and O–H groups in total.